The van der Waals surface area contributed by atoms with E-state index in [-0.39, 0.29) is 11.0 Å². The average molecular weight is 243 g/mol. The minimum atomic E-state index is -0.122. The van der Waals surface area contributed by atoms with Gasteiger partial charge in [0.2, 0.25) is 0 Å². The molecule has 0 spiro atoms. The standard InChI is InChI=1S/C17H25N/c1-16(2)10-3-4-11-17(16,18)15-9-8-13-6-5-7-14(13)12-15/h8-9,12H,3-7,10-11,18H2,1-2H3. The highest BCUT2D eigenvalue weighted by atomic mass is 14.8. The minimum Gasteiger partial charge on any atom is -0.321 e. The predicted octanol–water partition coefficient (Wildman–Crippen LogP) is 3.93. The molecule has 1 aromatic carbocycles. The first-order valence-corrected chi connectivity index (χ1v) is 7.44. The summed E-state index contributed by atoms with van der Waals surface area (Å²) in [5.41, 5.74) is 11.4. The molecule has 2 aliphatic rings. The van der Waals surface area contributed by atoms with Crippen molar-refractivity contribution in [2.75, 3.05) is 0 Å². The third kappa shape index (κ3) is 1.72. The minimum absolute atomic E-state index is 0.122. The molecule has 2 aliphatic carbocycles. The van der Waals surface area contributed by atoms with Gasteiger partial charge < -0.3 is 5.73 Å². The van der Waals surface area contributed by atoms with Crippen LogP contribution in [0.1, 0.15) is 62.6 Å². The number of fused-ring (bicyclic) bond motifs is 1. The van der Waals surface area contributed by atoms with Crippen molar-refractivity contribution in [3.8, 4) is 0 Å². The van der Waals surface area contributed by atoms with Gasteiger partial charge in [0.05, 0.1) is 0 Å². The summed E-state index contributed by atoms with van der Waals surface area (Å²) in [6.45, 7) is 4.69. The Morgan fingerprint density at radius 1 is 0.944 bits per heavy atom. The fourth-order valence-electron chi connectivity index (χ4n) is 3.92. The molecule has 0 saturated heterocycles. The van der Waals surface area contributed by atoms with Crippen LogP contribution in [0.5, 0.6) is 0 Å². The molecule has 1 nitrogen and oxygen atoms in total. The molecule has 1 saturated carbocycles. The van der Waals surface area contributed by atoms with Gasteiger partial charge in [0.15, 0.2) is 0 Å². The second-order valence-electron chi connectivity index (χ2n) is 6.90. The fraction of sp³-hybridized carbons (Fsp3) is 0.647. The lowest BCUT2D eigenvalue weighted by molar-refractivity contribution is 0.0978. The molecule has 2 N–H and O–H groups in total. The van der Waals surface area contributed by atoms with Crippen LogP contribution in [0.2, 0.25) is 0 Å². The molecule has 1 heteroatoms. The van der Waals surface area contributed by atoms with Gasteiger partial charge in [-0.05, 0) is 54.2 Å². The third-order valence-corrected chi connectivity index (χ3v) is 5.44. The van der Waals surface area contributed by atoms with Crippen LogP contribution >= 0.6 is 0 Å². The molecular weight excluding hydrogens is 218 g/mol. The third-order valence-electron chi connectivity index (χ3n) is 5.44. The van der Waals surface area contributed by atoms with Crippen LogP contribution in [-0.2, 0) is 18.4 Å². The summed E-state index contributed by atoms with van der Waals surface area (Å²) in [5.74, 6) is 0. The number of benzene rings is 1. The SMILES string of the molecule is CC1(C)CCCCC1(N)c1ccc2c(c1)CCC2. The Morgan fingerprint density at radius 2 is 1.67 bits per heavy atom. The zero-order valence-electron chi connectivity index (χ0n) is 11.8. The predicted molar refractivity (Wildman–Crippen MR) is 76.6 cm³/mol. The highest BCUT2D eigenvalue weighted by Crippen LogP contribution is 2.48. The van der Waals surface area contributed by atoms with Gasteiger partial charge in [-0.1, -0.05) is 44.9 Å². The van der Waals surface area contributed by atoms with Crippen molar-refractivity contribution >= 4 is 0 Å². The van der Waals surface area contributed by atoms with E-state index in [1.807, 2.05) is 0 Å². The van der Waals surface area contributed by atoms with E-state index in [0.717, 1.165) is 6.42 Å². The van der Waals surface area contributed by atoms with Crippen molar-refractivity contribution in [2.45, 2.75) is 64.3 Å². The van der Waals surface area contributed by atoms with Gasteiger partial charge in [-0.15, -0.1) is 0 Å². The maximum absolute atomic E-state index is 6.85. The molecule has 1 fully saturated rings. The number of aryl methyl sites for hydroxylation is 2. The molecule has 0 bridgehead atoms. The van der Waals surface area contributed by atoms with Crippen molar-refractivity contribution in [3.05, 3.63) is 34.9 Å². The van der Waals surface area contributed by atoms with Crippen molar-refractivity contribution in [1.82, 2.24) is 0 Å². The lowest BCUT2D eigenvalue weighted by atomic mass is 9.60. The van der Waals surface area contributed by atoms with Gasteiger partial charge in [-0.2, -0.15) is 0 Å². The number of hydrogen-bond acceptors (Lipinski definition) is 1. The normalized spacial score (nSPS) is 30.2. The van der Waals surface area contributed by atoms with E-state index in [1.165, 1.54) is 44.1 Å². The second kappa shape index (κ2) is 4.09. The van der Waals surface area contributed by atoms with E-state index in [9.17, 15) is 0 Å². The zero-order valence-corrected chi connectivity index (χ0v) is 11.8. The number of nitrogens with two attached hydrogens (primary N) is 1. The maximum atomic E-state index is 6.85. The Balaban J connectivity index is 2.02. The Bertz CT molecular complexity index is 461. The lowest BCUT2D eigenvalue weighted by Crippen LogP contribution is -2.51. The summed E-state index contributed by atoms with van der Waals surface area (Å²) >= 11 is 0. The monoisotopic (exact) mass is 243 g/mol. The fourth-order valence-corrected chi connectivity index (χ4v) is 3.92. The molecule has 0 heterocycles. The van der Waals surface area contributed by atoms with Crippen LogP contribution < -0.4 is 5.73 Å². The zero-order chi connectivity index (χ0) is 12.8. The Morgan fingerprint density at radius 3 is 2.44 bits per heavy atom. The highest BCUT2D eigenvalue weighted by Gasteiger charge is 2.44. The molecule has 0 aromatic heterocycles. The van der Waals surface area contributed by atoms with E-state index in [1.54, 1.807) is 11.1 Å². The van der Waals surface area contributed by atoms with Crippen LogP contribution in [0.3, 0.4) is 0 Å². The van der Waals surface area contributed by atoms with Gasteiger partial charge in [-0.25, -0.2) is 0 Å². The topological polar surface area (TPSA) is 26.0 Å². The number of rotatable bonds is 1. The quantitative estimate of drug-likeness (QED) is 0.794. The van der Waals surface area contributed by atoms with Crippen LogP contribution in [0.15, 0.2) is 18.2 Å². The molecule has 3 rings (SSSR count). The van der Waals surface area contributed by atoms with Crippen LogP contribution in [0.25, 0.3) is 0 Å². The van der Waals surface area contributed by atoms with E-state index < -0.39 is 0 Å². The van der Waals surface area contributed by atoms with E-state index in [4.69, 9.17) is 5.73 Å². The Kier molecular flexibility index (Phi) is 2.78. The molecule has 1 atom stereocenters. The first-order chi connectivity index (χ1) is 8.53. The number of hydrogen-bond donors (Lipinski definition) is 1. The van der Waals surface area contributed by atoms with E-state index in [0.29, 0.717) is 0 Å². The molecule has 18 heavy (non-hydrogen) atoms. The first-order valence-electron chi connectivity index (χ1n) is 7.44. The average Bonchev–Trinajstić information content (AvgIpc) is 2.80. The molecule has 0 amide bonds. The van der Waals surface area contributed by atoms with Gasteiger partial charge in [0.25, 0.3) is 0 Å². The summed E-state index contributed by atoms with van der Waals surface area (Å²) in [4.78, 5) is 0. The van der Waals surface area contributed by atoms with E-state index in [2.05, 4.69) is 32.0 Å². The molecule has 1 aromatic rings. The maximum Gasteiger partial charge on any atom is 0.0461 e. The van der Waals surface area contributed by atoms with Gasteiger partial charge in [-0.3, -0.25) is 0 Å². The molecular formula is C17H25N. The lowest BCUT2D eigenvalue weighted by Gasteiger charge is -2.48. The van der Waals surface area contributed by atoms with Crippen LogP contribution in [0.4, 0.5) is 0 Å². The van der Waals surface area contributed by atoms with Crippen LogP contribution in [0, 0.1) is 5.41 Å². The summed E-state index contributed by atoms with van der Waals surface area (Å²) in [7, 11) is 0. The van der Waals surface area contributed by atoms with Gasteiger partial charge >= 0.3 is 0 Å². The largest absolute Gasteiger partial charge is 0.321 e. The van der Waals surface area contributed by atoms with Crippen molar-refractivity contribution in [1.29, 1.82) is 0 Å². The first kappa shape index (κ1) is 12.2. The Labute approximate surface area is 111 Å². The van der Waals surface area contributed by atoms with Crippen molar-refractivity contribution < 1.29 is 0 Å². The van der Waals surface area contributed by atoms with Crippen molar-refractivity contribution in [3.63, 3.8) is 0 Å². The summed E-state index contributed by atoms with van der Waals surface area (Å²) in [6.07, 6.45) is 8.82. The summed E-state index contributed by atoms with van der Waals surface area (Å²) < 4.78 is 0. The molecule has 1 unspecified atom stereocenters. The van der Waals surface area contributed by atoms with Gasteiger partial charge in [0, 0.05) is 5.54 Å². The van der Waals surface area contributed by atoms with E-state index >= 15 is 0 Å². The van der Waals surface area contributed by atoms with Crippen LogP contribution in [-0.4, -0.2) is 0 Å². The molecule has 0 aliphatic heterocycles. The molecule has 0 radical (unpaired) electrons. The second-order valence-corrected chi connectivity index (χ2v) is 6.90. The Hall–Kier alpha value is -0.820. The highest BCUT2D eigenvalue weighted by molar-refractivity contribution is 5.39. The van der Waals surface area contributed by atoms with Gasteiger partial charge in [0.1, 0.15) is 0 Å². The summed E-state index contributed by atoms with van der Waals surface area (Å²) in [5, 5.41) is 0. The van der Waals surface area contributed by atoms with Crippen molar-refractivity contribution in [2.24, 2.45) is 11.1 Å². The molecule has 98 valence electrons. The summed E-state index contributed by atoms with van der Waals surface area (Å²) in [6, 6.07) is 7.05. The smallest absolute Gasteiger partial charge is 0.0461 e.